The van der Waals surface area contributed by atoms with Crippen molar-refractivity contribution in [3.8, 4) is 11.5 Å². The van der Waals surface area contributed by atoms with Crippen molar-refractivity contribution in [3.63, 3.8) is 0 Å². The number of nitrogens with zero attached hydrogens (tertiary/aromatic N) is 1. The number of halogens is 1. The zero-order valence-corrected chi connectivity index (χ0v) is 14.3. The highest BCUT2D eigenvalue weighted by Gasteiger charge is 2.10. The van der Waals surface area contributed by atoms with Crippen LogP contribution in [-0.2, 0) is 6.54 Å². The summed E-state index contributed by atoms with van der Waals surface area (Å²) in [5.74, 6) is 1.26. The molecule has 120 valence electrons. The third-order valence-corrected chi connectivity index (χ3v) is 3.70. The van der Waals surface area contributed by atoms with Crippen molar-refractivity contribution in [2.24, 2.45) is 0 Å². The van der Waals surface area contributed by atoms with E-state index >= 15 is 0 Å². The lowest BCUT2D eigenvalue weighted by molar-refractivity contribution is 0.287. The van der Waals surface area contributed by atoms with E-state index in [2.05, 4.69) is 24.1 Å². The van der Waals surface area contributed by atoms with E-state index in [4.69, 9.17) is 21.1 Å². The Morgan fingerprint density at radius 2 is 1.90 bits per heavy atom. The smallest absolute Gasteiger partial charge is 0.179 e. The van der Waals surface area contributed by atoms with Crippen LogP contribution >= 0.6 is 11.6 Å². The Morgan fingerprint density at radius 3 is 2.48 bits per heavy atom. The summed E-state index contributed by atoms with van der Waals surface area (Å²) in [5.41, 5.74) is 1.09. The molecule has 0 radical (unpaired) electrons. The average Bonchev–Trinajstić information content (AvgIpc) is 2.49. The van der Waals surface area contributed by atoms with Gasteiger partial charge in [-0.3, -0.25) is 0 Å². The molecule has 0 aromatic heterocycles. The minimum absolute atomic E-state index is 0.579. The molecule has 21 heavy (non-hydrogen) atoms. The van der Waals surface area contributed by atoms with Gasteiger partial charge in [0.05, 0.1) is 19.2 Å². The number of rotatable bonds is 10. The summed E-state index contributed by atoms with van der Waals surface area (Å²) in [4.78, 5) is 2.44. The summed E-state index contributed by atoms with van der Waals surface area (Å²) in [6.45, 7) is 9.44. The van der Waals surface area contributed by atoms with Crippen LogP contribution < -0.4 is 14.8 Å². The molecule has 1 aromatic rings. The molecular weight excluding hydrogens is 288 g/mol. The Hall–Kier alpha value is -0.970. The third kappa shape index (κ3) is 5.73. The van der Waals surface area contributed by atoms with Crippen molar-refractivity contribution in [1.29, 1.82) is 0 Å². The van der Waals surface area contributed by atoms with Gasteiger partial charge in [0.25, 0.3) is 0 Å². The molecule has 0 atom stereocenters. The molecule has 0 amide bonds. The number of hydrogen-bond acceptors (Lipinski definition) is 4. The fraction of sp³-hybridized carbons (Fsp3) is 0.625. The summed E-state index contributed by atoms with van der Waals surface area (Å²) >= 11 is 6.20. The van der Waals surface area contributed by atoms with Crippen LogP contribution in [0.15, 0.2) is 12.1 Å². The predicted molar refractivity (Wildman–Crippen MR) is 88.7 cm³/mol. The molecule has 0 heterocycles. The monoisotopic (exact) mass is 314 g/mol. The van der Waals surface area contributed by atoms with E-state index < -0.39 is 0 Å². The summed E-state index contributed by atoms with van der Waals surface area (Å²) in [6.07, 6.45) is 1.19. The van der Waals surface area contributed by atoms with Crippen LogP contribution in [-0.4, -0.2) is 45.3 Å². The molecule has 1 rings (SSSR count). The number of ether oxygens (including phenoxy) is 2. The first-order chi connectivity index (χ1) is 10.2. The number of likely N-dealkylation sites (N-methyl/N-ethyl adjacent to an activating group) is 1. The topological polar surface area (TPSA) is 33.7 Å². The van der Waals surface area contributed by atoms with Crippen molar-refractivity contribution in [3.05, 3.63) is 22.7 Å². The van der Waals surface area contributed by atoms with E-state index in [0.29, 0.717) is 16.5 Å². The second-order valence-electron chi connectivity index (χ2n) is 4.92. The molecule has 1 aromatic carbocycles. The van der Waals surface area contributed by atoms with E-state index in [-0.39, 0.29) is 0 Å². The fourth-order valence-corrected chi connectivity index (χ4v) is 2.60. The molecule has 0 spiro atoms. The van der Waals surface area contributed by atoms with Gasteiger partial charge in [-0.2, -0.15) is 0 Å². The number of nitrogens with one attached hydrogen (secondary N) is 1. The number of benzene rings is 1. The Labute approximate surface area is 133 Å². The van der Waals surface area contributed by atoms with Gasteiger partial charge in [0.2, 0.25) is 0 Å². The molecule has 0 saturated heterocycles. The normalized spacial score (nSPS) is 11.0. The summed E-state index contributed by atoms with van der Waals surface area (Å²) in [6, 6.07) is 3.88. The van der Waals surface area contributed by atoms with Gasteiger partial charge in [-0.05, 0) is 37.2 Å². The van der Waals surface area contributed by atoms with E-state index in [9.17, 15) is 0 Å². The maximum absolute atomic E-state index is 6.20. The van der Waals surface area contributed by atoms with Gasteiger partial charge in [-0.25, -0.2) is 0 Å². The first kappa shape index (κ1) is 18.1. The molecule has 0 bridgehead atoms. The SMILES string of the molecule is CCCN(CC)CCNCc1cc(Cl)c(OC)c(OC)c1. The molecular formula is C16H27ClN2O2. The van der Waals surface area contributed by atoms with Gasteiger partial charge in [-0.15, -0.1) is 0 Å². The first-order valence-corrected chi connectivity index (χ1v) is 7.87. The van der Waals surface area contributed by atoms with Gasteiger partial charge in [0, 0.05) is 19.6 Å². The zero-order chi connectivity index (χ0) is 15.7. The molecule has 5 heteroatoms. The van der Waals surface area contributed by atoms with Crippen molar-refractivity contribution >= 4 is 11.6 Å². The van der Waals surface area contributed by atoms with E-state index in [0.717, 1.165) is 38.3 Å². The summed E-state index contributed by atoms with van der Waals surface area (Å²) in [7, 11) is 3.21. The zero-order valence-electron chi connectivity index (χ0n) is 13.5. The lowest BCUT2D eigenvalue weighted by atomic mass is 10.2. The quantitative estimate of drug-likeness (QED) is 0.673. The van der Waals surface area contributed by atoms with Gasteiger partial charge in [-0.1, -0.05) is 25.4 Å². The largest absolute Gasteiger partial charge is 0.493 e. The van der Waals surface area contributed by atoms with Gasteiger partial charge < -0.3 is 19.7 Å². The molecule has 4 nitrogen and oxygen atoms in total. The lowest BCUT2D eigenvalue weighted by Crippen LogP contribution is -2.32. The van der Waals surface area contributed by atoms with Crippen molar-refractivity contribution < 1.29 is 9.47 Å². The van der Waals surface area contributed by atoms with Crippen molar-refractivity contribution in [2.45, 2.75) is 26.8 Å². The molecule has 0 aliphatic rings. The maximum Gasteiger partial charge on any atom is 0.179 e. The molecule has 0 aliphatic heterocycles. The van der Waals surface area contributed by atoms with Crippen molar-refractivity contribution in [1.82, 2.24) is 10.2 Å². The van der Waals surface area contributed by atoms with E-state index in [1.807, 2.05) is 12.1 Å². The van der Waals surface area contributed by atoms with Crippen LogP contribution in [0, 0.1) is 0 Å². The fourth-order valence-electron chi connectivity index (χ4n) is 2.29. The summed E-state index contributed by atoms with van der Waals surface area (Å²) in [5, 5.41) is 4.02. The lowest BCUT2D eigenvalue weighted by Gasteiger charge is -2.19. The highest BCUT2D eigenvalue weighted by Crippen LogP contribution is 2.35. The minimum atomic E-state index is 0.579. The molecule has 0 aliphatic carbocycles. The number of methoxy groups -OCH3 is 2. The molecule has 1 N–H and O–H groups in total. The Kier molecular flexibility index (Phi) is 8.50. The Morgan fingerprint density at radius 1 is 1.14 bits per heavy atom. The second kappa shape index (κ2) is 9.87. The predicted octanol–water partition coefficient (Wildman–Crippen LogP) is 3.18. The molecule has 0 unspecified atom stereocenters. The highest BCUT2D eigenvalue weighted by atomic mass is 35.5. The van der Waals surface area contributed by atoms with Crippen LogP contribution in [0.3, 0.4) is 0 Å². The van der Waals surface area contributed by atoms with Gasteiger partial charge in [0.1, 0.15) is 0 Å². The highest BCUT2D eigenvalue weighted by molar-refractivity contribution is 6.32. The van der Waals surface area contributed by atoms with E-state index in [1.165, 1.54) is 6.42 Å². The van der Waals surface area contributed by atoms with Crippen LogP contribution in [0.2, 0.25) is 5.02 Å². The third-order valence-electron chi connectivity index (χ3n) is 3.41. The molecule has 0 saturated carbocycles. The average molecular weight is 315 g/mol. The summed E-state index contributed by atoms with van der Waals surface area (Å²) < 4.78 is 10.5. The van der Waals surface area contributed by atoms with Gasteiger partial charge >= 0.3 is 0 Å². The Bertz CT molecular complexity index is 427. The second-order valence-corrected chi connectivity index (χ2v) is 5.33. The molecule has 0 fully saturated rings. The first-order valence-electron chi connectivity index (χ1n) is 7.49. The van der Waals surface area contributed by atoms with Crippen LogP contribution in [0.25, 0.3) is 0 Å². The minimum Gasteiger partial charge on any atom is -0.493 e. The standard InChI is InChI=1S/C16H27ClN2O2/c1-5-8-19(6-2)9-7-18-12-13-10-14(17)16(21-4)15(11-13)20-3/h10-11,18H,5-9,12H2,1-4H3. The van der Waals surface area contributed by atoms with E-state index in [1.54, 1.807) is 14.2 Å². The Balaban J connectivity index is 2.50. The van der Waals surface area contributed by atoms with Crippen LogP contribution in [0.4, 0.5) is 0 Å². The van der Waals surface area contributed by atoms with Crippen LogP contribution in [0.1, 0.15) is 25.8 Å². The maximum atomic E-state index is 6.20. The van der Waals surface area contributed by atoms with Crippen LogP contribution in [0.5, 0.6) is 11.5 Å². The number of hydrogen-bond donors (Lipinski definition) is 1. The van der Waals surface area contributed by atoms with Crippen molar-refractivity contribution in [2.75, 3.05) is 40.4 Å². The van der Waals surface area contributed by atoms with Gasteiger partial charge in [0.15, 0.2) is 11.5 Å².